The second kappa shape index (κ2) is 4.49. The number of halogens is 1. The lowest BCUT2D eigenvalue weighted by Crippen LogP contribution is -2.19. The van der Waals surface area contributed by atoms with Crippen LogP contribution in [0.5, 0.6) is 11.5 Å². The van der Waals surface area contributed by atoms with E-state index < -0.39 is 6.67 Å². The van der Waals surface area contributed by atoms with E-state index in [2.05, 4.69) is 5.32 Å². The molecule has 1 aromatic rings. The number of benzene rings is 1. The van der Waals surface area contributed by atoms with Gasteiger partial charge in [0.1, 0.15) is 6.67 Å². The van der Waals surface area contributed by atoms with Gasteiger partial charge in [-0.25, -0.2) is 4.39 Å². The van der Waals surface area contributed by atoms with Crippen LogP contribution in [0.1, 0.15) is 15.9 Å². The van der Waals surface area contributed by atoms with Gasteiger partial charge in [0.25, 0.3) is 0 Å². The molecule has 86 valence electrons. The first-order chi connectivity index (χ1) is 7.76. The summed E-state index contributed by atoms with van der Waals surface area (Å²) in [4.78, 5) is 11.7. The van der Waals surface area contributed by atoms with E-state index in [1.807, 2.05) is 0 Å². The summed E-state index contributed by atoms with van der Waals surface area (Å²) >= 11 is 0. The number of hydrogen-bond acceptors (Lipinski definition) is 4. The van der Waals surface area contributed by atoms with E-state index in [1.165, 1.54) is 12.1 Å². The summed E-state index contributed by atoms with van der Waals surface area (Å²) in [5, 5.41) is 2.74. The zero-order chi connectivity index (χ0) is 11.5. The highest BCUT2D eigenvalue weighted by Crippen LogP contribution is 2.35. The van der Waals surface area contributed by atoms with Crippen molar-refractivity contribution >= 4 is 5.78 Å². The summed E-state index contributed by atoms with van der Waals surface area (Å²) in [5.74, 6) is 0.832. The van der Waals surface area contributed by atoms with Gasteiger partial charge in [-0.3, -0.25) is 4.79 Å². The van der Waals surface area contributed by atoms with Gasteiger partial charge in [-0.1, -0.05) is 0 Å². The SMILES string of the molecule is CNCC(=O)c1cc2c(cc1CF)OCO2. The summed E-state index contributed by atoms with van der Waals surface area (Å²) < 4.78 is 23.1. The van der Waals surface area contributed by atoms with Crippen molar-refractivity contribution in [1.29, 1.82) is 0 Å². The molecule has 0 unspecified atom stereocenters. The Bertz CT molecular complexity index is 420. The van der Waals surface area contributed by atoms with Crippen LogP contribution in [-0.4, -0.2) is 26.2 Å². The maximum atomic E-state index is 12.8. The van der Waals surface area contributed by atoms with Gasteiger partial charge in [0.15, 0.2) is 17.3 Å². The molecule has 0 radical (unpaired) electrons. The van der Waals surface area contributed by atoms with E-state index in [0.717, 1.165) is 0 Å². The Labute approximate surface area is 92.4 Å². The van der Waals surface area contributed by atoms with Crippen LogP contribution in [0.3, 0.4) is 0 Å². The van der Waals surface area contributed by atoms with Gasteiger partial charge in [-0.05, 0) is 24.7 Å². The molecule has 1 aliphatic heterocycles. The van der Waals surface area contributed by atoms with Crippen LogP contribution in [0.4, 0.5) is 4.39 Å². The predicted molar refractivity (Wildman–Crippen MR) is 55.6 cm³/mol. The van der Waals surface area contributed by atoms with Crippen molar-refractivity contribution in [3.8, 4) is 11.5 Å². The highest BCUT2D eigenvalue weighted by molar-refractivity contribution is 5.99. The van der Waals surface area contributed by atoms with Gasteiger partial charge in [0.2, 0.25) is 6.79 Å². The van der Waals surface area contributed by atoms with Crippen molar-refractivity contribution in [2.75, 3.05) is 20.4 Å². The summed E-state index contributed by atoms with van der Waals surface area (Å²) in [7, 11) is 1.67. The first-order valence-electron chi connectivity index (χ1n) is 4.92. The number of Topliss-reactive ketones (excluding diaryl/α,β-unsaturated/α-hetero) is 1. The van der Waals surface area contributed by atoms with Gasteiger partial charge in [0, 0.05) is 5.56 Å². The topological polar surface area (TPSA) is 47.6 Å². The van der Waals surface area contributed by atoms with E-state index in [-0.39, 0.29) is 19.1 Å². The molecule has 5 heteroatoms. The molecular weight excluding hydrogens is 213 g/mol. The fraction of sp³-hybridized carbons (Fsp3) is 0.364. The minimum Gasteiger partial charge on any atom is -0.454 e. The number of nitrogens with one attached hydrogen (secondary N) is 1. The number of carbonyl (C=O) groups is 1. The van der Waals surface area contributed by atoms with Gasteiger partial charge >= 0.3 is 0 Å². The lowest BCUT2D eigenvalue weighted by atomic mass is 10.0. The highest BCUT2D eigenvalue weighted by Gasteiger charge is 2.20. The van der Waals surface area contributed by atoms with E-state index >= 15 is 0 Å². The van der Waals surface area contributed by atoms with Crippen molar-refractivity contribution in [2.45, 2.75) is 6.67 Å². The van der Waals surface area contributed by atoms with Gasteiger partial charge in [-0.15, -0.1) is 0 Å². The Morgan fingerprint density at radius 1 is 1.44 bits per heavy atom. The van der Waals surface area contributed by atoms with Crippen molar-refractivity contribution in [1.82, 2.24) is 5.32 Å². The standard InChI is InChI=1S/C11H12FNO3/c1-13-5-9(14)8-3-11-10(15-6-16-11)2-7(8)4-12/h2-3,13H,4-6H2,1H3. The number of likely N-dealkylation sites (N-methyl/N-ethyl adjacent to an activating group) is 1. The average molecular weight is 225 g/mol. The van der Waals surface area contributed by atoms with Crippen LogP contribution < -0.4 is 14.8 Å². The number of alkyl halides is 1. The van der Waals surface area contributed by atoms with E-state index in [0.29, 0.717) is 22.6 Å². The molecule has 0 aromatic heterocycles. The molecule has 0 bridgehead atoms. The third-order valence-electron chi connectivity index (χ3n) is 2.38. The molecule has 0 saturated heterocycles. The summed E-state index contributed by atoms with van der Waals surface area (Å²) in [6.45, 7) is -0.404. The normalized spacial score (nSPS) is 12.9. The molecule has 1 heterocycles. The molecule has 0 saturated carbocycles. The number of ketones is 1. The summed E-state index contributed by atoms with van der Waals surface area (Å²) in [6, 6.07) is 3.06. The van der Waals surface area contributed by atoms with Gasteiger partial charge < -0.3 is 14.8 Å². The Morgan fingerprint density at radius 2 is 2.12 bits per heavy atom. The maximum Gasteiger partial charge on any atom is 0.231 e. The smallest absolute Gasteiger partial charge is 0.231 e. The first kappa shape index (κ1) is 10.9. The molecule has 0 spiro atoms. The maximum absolute atomic E-state index is 12.8. The molecule has 0 atom stereocenters. The lowest BCUT2D eigenvalue weighted by molar-refractivity contribution is 0.0991. The van der Waals surface area contributed by atoms with Crippen molar-refractivity contribution in [2.24, 2.45) is 0 Å². The second-order valence-corrected chi connectivity index (χ2v) is 3.45. The molecule has 4 nitrogen and oxygen atoms in total. The van der Waals surface area contributed by atoms with Crippen LogP contribution in [-0.2, 0) is 6.67 Å². The average Bonchev–Trinajstić information content (AvgIpc) is 2.74. The molecule has 1 N–H and O–H groups in total. The molecule has 0 amide bonds. The Hall–Kier alpha value is -1.62. The number of carbonyl (C=O) groups excluding carboxylic acids is 1. The monoisotopic (exact) mass is 225 g/mol. The third kappa shape index (κ3) is 1.86. The first-order valence-corrected chi connectivity index (χ1v) is 4.92. The van der Waals surface area contributed by atoms with Crippen LogP contribution in [0.15, 0.2) is 12.1 Å². The lowest BCUT2D eigenvalue weighted by Gasteiger charge is -2.07. The fourth-order valence-corrected chi connectivity index (χ4v) is 1.61. The van der Waals surface area contributed by atoms with Crippen LogP contribution >= 0.6 is 0 Å². The van der Waals surface area contributed by atoms with Gasteiger partial charge in [0.05, 0.1) is 6.54 Å². The Kier molecular flexibility index (Phi) is 3.05. The van der Waals surface area contributed by atoms with Crippen LogP contribution in [0.25, 0.3) is 0 Å². The summed E-state index contributed by atoms with van der Waals surface area (Å²) in [6.07, 6.45) is 0. The molecule has 16 heavy (non-hydrogen) atoms. The molecule has 1 aliphatic rings. The minimum absolute atomic E-state index is 0.116. The quantitative estimate of drug-likeness (QED) is 0.784. The molecule has 0 fully saturated rings. The number of hydrogen-bond donors (Lipinski definition) is 1. The number of fused-ring (bicyclic) bond motifs is 1. The number of rotatable bonds is 4. The van der Waals surface area contributed by atoms with Crippen LogP contribution in [0, 0.1) is 0 Å². The van der Waals surface area contributed by atoms with Gasteiger partial charge in [-0.2, -0.15) is 0 Å². The van der Waals surface area contributed by atoms with E-state index in [4.69, 9.17) is 9.47 Å². The Morgan fingerprint density at radius 3 is 2.75 bits per heavy atom. The predicted octanol–water partition coefficient (Wildman–Crippen LogP) is 1.29. The number of ether oxygens (including phenoxy) is 2. The zero-order valence-electron chi connectivity index (χ0n) is 8.88. The molecule has 2 rings (SSSR count). The third-order valence-corrected chi connectivity index (χ3v) is 2.38. The molecule has 0 aliphatic carbocycles. The van der Waals surface area contributed by atoms with Crippen molar-refractivity contribution in [3.05, 3.63) is 23.3 Å². The van der Waals surface area contributed by atoms with Crippen molar-refractivity contribution < 1.29 is 18.7 Å². The zero-order valence-corrected chi connectivity index (χ0v) is 8.88. The minimum atomic E-state index is -0.693. The highest BCUT2D eigenvalue weighted by atomic mass is 19.1. The van der Waals surface area contributed by atoms with E-state index in [1.54, 1.807) is 7.05 Å². The van der Waals surface area contributed by atoms with E-state index in [9.17, 15) is 9.18 Å². The fourth-order valence-electron chi connectivity index (χ4n) is 1.61. The largest absolute Gasteiger partial charge is 0.454 e. The van der Waals surface area contributed by atoms with Crippen molar-refractivity contribution in [3.63, 3.8) is 0 Å². The molecular formula is C11H12FNO3. The van der Waals surface area contributed by atoms with Crippen LogP contribution in [0.2, 0.25) is 0 Å². The second-order valence-electron chi connectivity index (χ2n) is 3.45. The summed E-state index contributed by atoms with van der Waals surface area (Å²) in [5.41, 5.74) is 0.686. The Balaban J connectivity index is 2.39. The molecule has 1 aromatic carbocycles.